The average molecular weight is 1280 g/mol. The van der Waals surface area contributed by atoms with Crippen molar-refractivity contribution in [3.8, 4) is 0 Å². The lowest BCUT2D eigenvalue weighted by Gasteiger charge is -2.15. The van der Waals surface area contributed by atoms with Crippen molar-refractivity contribution >= 4 is 130 Å². The third kappa shape index (κ3) is 26.5. The van der Waals surface area contributed by atoms with Gasteiger partial charge in [0.2, 0.25) is 23.6 Å². The minimum absolute atomic E-state index is 0.0251. The molecule has 0 heterocycles. The number of ketones is 4. The molecule has 6 aromatic rings. The molecule has 4 amide bonds. The van der Waals surface area contributed by atoms with Gasteiger partial charge in [0, 0.05) is 97.1 Å². The Morgan fingerprint density at radius 3 is 0.864 bits per heavy atom. The molecule has 4 N–H and O–H groups in total. The summed E-state index contributed by atoms with van der Waals surface area (Å²) in [5.41, 5.74) is 9.98. The maximum Gasteiger partial charge on any atom is 0.325 e. The van der Waals surface area contributed by atoms with Crippen LogP contribution in [0.15, 0.2) is 166 Å². The van der Waals surface area contributed by atoms with Gasteiger partial charge in [-0.25, -0.2) is 20.9 Å². The highest BCUT2D eigenvalue weighted by Crippen LogP contribution is 2.20. The van der Waals surface area contributed by atoms with Gasteiger partial charge < -0.3 is 10.2 Å². The summed E-state index contributed by atoms with van der Waals surface area (Å²) in [5.74, 6) is -5.26. The summed E-state index contributed by atoms with van der Waals surface area (Å²) in [7, 11) is 0. The molecule has 0 fully saturated rings. The number of hydrazone groups is 4. The second-order valence-electron chi connectivity index (χ2n) is 19.3. The van der Waals surface area contributed by atoms with E-state index in [-0.39, 0.29) is 112 Å². The standard InChI is InChI=1S/C34H32Cl2N4O8.C30H28Cl2N4O4/c35-29-7-3-1-5-25(29)17-27(41)13-15-31(43)39(21-33(45)46)37-19-23-9-11-24(12-10-23)20-38-40(22-34(47)48)32(44)16-14-28(42)18-26-6-2-4-8-30(26)36;31-27-7-3-1-5-23(27)17-25(37)13-15-29(39)35-33-19-21-9-11-22(12-10-21)20-34-36-30(40)16-14-26(38)18-24-6-2-4-8-28(24)32/h1-12,19-20H,13-18,21-22H2,(H,45,46)(H,47,48);1-12,19-20H,13-18H2,(H,35,39)(H,36,40)/b37-19+,38-20+;33-19+,34-20+. The first-order valence-corrected chi connectivity index (χ1v) is 28.7. The van der Waals surface area contributed by atoms with Gasteiger partial charge in [-0.2, -0.15) is 20.4 Å². The number of aliphatic carboxylic acids is 2. The molecule has 0 spiro atoms. The van der Waals surface area contributed by atoms with E-state index in [1.165, 1.54) is 24.9 Å². The number of carboxylic acids is 2. The zero-order chi connectivity index (χ0) is 63.8. The highest BCUT2D eigenvalue weighted by Gasteiger charge is 2.20. The van der Waals surface area contributed by atoms with Crippen molar-refractivity contribution in [3.63, 3.8) is 0 Å². The number of carbonyl (C=O) groups is 10. The molecule has 20 nitrogen and oxygen atoms in total. The van der Waals surface area contributed by atoms with Gasteiger partial charge in [0.05, 0.1) is 24.9 Å². The van der Waals surface area contributed by atoms with Gasteiger partial charge >= 0.3 is 11.9 Å². The Balaban J connectivity index is 0.000000326. The summed E-state index contributed by atoms with van der Waals surface area (Å²) in [4.78, 5) is 121. The van der Waals surface area contributed by atoms with Crippen molar-refractivity contribution in [1.82, 2.24) is 20.9 Å². The van der Waals surface area contributed by atoms with Crippen molar-refractivity contribution in [2.75, 3.05) is 13.1 Å². The van der Waals surface area contributed by atoms with E-state index in [1.54, 1.807) is 133 Å². The molecule has 0 radical (unpaired) electrons. The van der Waals surface area contributed by atoms with Crippen LogP contribution in [0, 0.1) is 0 Å². The van der Waals surface area contributed by atoms with Crippen LogP contribution < -0.4 is 10.9 Å². The van der Waals surface area contributed by atoms with Crippen molar-refractivity contribution < 1.29 is 58.2 Å². The molecule has 0 aliphatic rings. The fourth-order valence-corrected chi connectivity index (χ4v) is 8.56. The SMILES string of the molecule is O=C(CCC(=O)N/N=C/c1ccc(/C=N/NC(=O)CCC(=O)Cc2ccccc2Cl)cc1)Cc1ccccc1Cl.O=C(O)CN(/N=C/c1ccc(/C=N/N(CC(=O)O)C(=O)CCC(=O)Cc2ccccc2Cl)cc1)C(=O)CCC(=O)Cc1ccccc1Cl. The van der Waals surface area contributed by atoms with E-state index in [9.17, 15) is 58.2 Å². The van der Waals surface area contributed by atoms with Crippen molar-refractivity contribution in [2.24, 2.45) is 20.4 Å². The Labute approximate surface area is 526 Å². The van der Waals surface area contributed by atoms with Crippen LogP contribution in [0.3, 0.4) is 0 Å². The molecular weight excluding hydrogens is 1210 g/mol. The van der Waals surface area contributed by atoms with Crippen LogP contribution >= 0.6 is 46.4 Å². The second-order valence-corrected chi connectivity index (χ2v) is 21.0. The first kappa shape index (κ1) is 69.4. The van der Waals surface area contributed by atoms with Crippen LogP contribution in [0.4, 0.5) is 0 Å². The van der Waals surface area contributed by atoms with E-state index < -0.39 is 36.8 Å². The zero-order valence-corrected chi connectivity index (χ0v) is 50.3. The number of rotatable bonds is 32. The van der Waals surface area contributed by atoms with E-state index in [4.69, 9.17) is 46.4 Å². The number of hydrogen-bond donors (Lipinski definition) is 4. The molecule has 88 heavy (non-hydrogen) atoms. The van der Waals surface area contributed by atoms with Crippen LogP contribution in [-0.2, 0) is 73.6 Å². The molecule has 0 bridgehead atoms. The van der Waals surface area contributed by atoms with Crippen molar-refractivity contribution in [2.45, 2.75) is 77.0 Å². The molecule has 6 aromatic carbocycles. The summed E-state index contributed by atoms with van der Waals surface area (Å²) in [6.07, 6.45) is 5.44. The molecular formula is C64H60Cl4N8O12. The predicted octanol–water partition coefficient (Wildman–Crippen LogP) is 9.75. The van der Waals surface area contributed by atoms with Crippen LogP contribution in [0.1, 0.15) is 95.9 Å². The fraction of sp³-hybridized carbons (Fsp3) is 0.219. The second kappa shape index (κ2) is 37.3. The third-order valence-electron chi connectivity index (χ3n) is 12.4. The monoisotopic (exact) mass is 1270 g/mol. The minimum atomic E-state index is -1.29. The van der Waals surface area contributed by atoms with Gasteiger partial charge in [-0.15, -0.1) is 0 Å². The summed E-state index contributed by atoms with van der Waals surface area (Å²) in [5, 5.41) is 37.8. The van der Waals surface area contributed by atoms with Gasteiger partial charge in [0.25, 0.3) is 0 Å². The highest BCUT2D eigenvalue weighted by molar-refractivity contribution is 6.32. The van der Waals surface area contributed by atoms with Gasteiger partial charge in [-0.1, -0.05) is 168 Å². The number of Topliss-reactive ketones (excluding diaryl/α,β-unsaturated/α-hetero) is 4. The van der Waals surface area contributed by atoms with E-state index in [1.807, 2.05) is 12.1 Å². The molecule has 0 aliphatic carbocycles. The molecule has 0 atom stereocenters. The number of nitrogens with zero attached hydrogens (tertiary/aromatic N) is 6. The number of amides is 4. The number of carboxylic acid groups (broad SMARTS) is 2. The molecule has 0 saturated carbocycles. The lowest BCUT2D eigenvalue weighted by atomic mass is 10.1. The highest BCUT2D eigenvalue weighted by atomic mass is 35.5. The van der Waals surface area contributed by atoms with Gasteiger partial charge in [-0.3, -0.25) is 47.9 Å². The number of benzene rings is 6. The van der Waals surface area contributed by atoms with Crippen LogP contribution in [0.25, 0.3) is 0 Å². The minimum Gasteiger partial charge on any atom is -0.480 e. The average Bonchev–Trinajstić information content (AvgIpc) is 3.56. The maximum atomic E-state index is 12.7. The molecule has 456 valence electrons. The Morgan fingerprint density at radius 2 is 0.602 bits per heavy atom. The van der Waals surface area contributed by atoms with Crippen molar-refractivity contribution in [1.29, 1.82) is 0 Å². The largest absolute Gasteiger partial charge is 0.480 e. The first-order valence-electron chi connectivity index (χ1n) is 27.2. The molecule has 6 rings (SSSR count). The third-order valence-corrected chi connectivity index (χ3v) is 13.9. The lowest BCUT2D eigenvalue weighted by molar-refractivity contribution is -0.144. The topological polar surface area (TPSA) is 291 Å². The molecule has 0 aliphatic heterocycles. The number of halogens is 4. The smallest absolute Gasteiger partial charge is 0.325 e. The Bertz CT molecular complexity index is 3350. The Morgan fingerprint density at radius 1 is 0.352 bits per heavy atom. The number of carbonyl (C=O) groups excluding carboxylic acids is 8. The van der Waals surface area contributed by atoms with Gasteiger partial charge in [0.15, 0.2) is 0 Å². The number of hydrogen-bond acceptors (Lipinski definition) is 14. The van der Waals surface area contributed by atoms with Crippen LogP contribution in [0.2, 0.25) is 20.1 Å². The summed E-state index contributed by atoms with van der Waals surface area (Å²) >= 11 is 24.3. The Kier molecular flexibility index (Phi) is 29.4. The zero-order valence-electron chi connectivity index (χ0n) is 47.2. The normalized spacial score (nSPS) is 11.0. The van der Waals surface area contributed by atoms with Gasteiger partial charge in [0.1, 0.15) is 36.2 Å². The van der Waals surface area contributed by atoms with Gasteiger partial charge in [-0.05, 0) is 68.8 Å². The Hall–Kier alpha value is -9.34. The molecule has 24 heteroatoms. The number of nitrogens with one attached hydrogen (secondary N) is 2. The molecule has 0 aromatic heterocycles. The van der Waals surface area contributed by atoms with E-state index in [2.05, 4.69) is 31.3 Å². The maximum absolute atomic E-state index is 12.7. The summed E-state index contributed by atoms with van der Waals surface area (Å²) < 4.78 is 0. The van der Waals surface area contributed by atoms with E-state index in [0.717, 1.165) is 32.3 Å². The predicted molar refractivity (Wildman–Crippen MR) is 336 cm³/mol. The van der Waals surface area contributed by atoms with Crippen LogP contribution in [0.5, 0.6) is 0 Å². The van der Waals surface area contributed by atoms with E-state index >= 15 is 0 Å². The summed E-state index contributed by atoms with van der Waals surface area (Å²) in [6.45, 7) is -1.42. The quantitative estimate of drug-likeness (QED) is 0.0227. The van der Waals surface area contributed by atoms with Crippen molar-refractivity contribution in [3.05, 3.63) is 210 Å². The fourth-order valence-electron chi connectivity index (χ4n) is 7.75. The molecule has 0 saturated heterocycles. The lowest BCUT2D eigenvalue weighted by Crippen LogP contribution is -2.31. The molecule has 0 unspecified atom stereocenters. The van der Waals surface area contributed by atoms with E-state index in [0.29, 0.717) is 42.3 Å². The van der Waals surface area contributed by atoms with Crippen LogP contribution in [-0.4, -0.2) is 117 Å². The summed E-state index contributed by atoms with van der Waals surface area (Å²) in [6, 6.07) is 41.3. The first-order chi connectivity index (χ1) is 42.2.